The van der Waals surface area contributed by atoms with Crippen LogP contribution in [-0.2, 0) is 0 Å². The average molecular weight is 305 g/mol. The molecule has 0 aliphatic carbocycles. The maximum absolute atomic E-state index is 12.1. The van der Waals surface area contributed by atoms with Crippen LogP contribution in [0.1, 0.15) is 29.3 Å². The van der Waals surface area contributed by atoms with Gasteiger partial charge in [0.1, 0.15) is 11.6 Å². The van der Waals surface area contributed by atoms with Gasteiger partial charge in [0.2, 0.25) is 0 Å². The van der Waals surface area contributed by atoms with Crippen LogP contribution < -0.4 is 10.6 Å². The molecule has 0 saturated carbocycles. The van der Waals surface area contributed by atoms with E-state index >= 15 is 0 Å². The van der Waals surface area contributed by atoms with Gasteiger partial charge in [-0.05, 0) is 31.0 Å². The predicted octanol–water partition coefficient (Wildman–Crippen LogP) is 3.51. The quantitative estimate of drug-likeness (QED) is 0.887. The number of carbonyl (C=O) groups is 1. The minimum Gasteiger partial charge on any atom is -0.369 e. The topological polar surface area (TPSA) is 66.9 Å². The van der Waals surface area contributed by atoms with Crippen molar-refractivity contribution in [1.29, 1.82) is 0 Å². The van der Waals surface area contributed by atoms with Crippen molar-refractivity contribution in [3.8, 4) is 0 Å². The molecule has 1 amide bonds. The first-order valence-corrected chi connectivity index (χ1v) is 7.11. The van der Waals surface area contributed by atoms with Gasteiger partial charge >= 0.3 is 0 Å². The van der Waals surface area contributed by atoms with Crippen LogP contribution in [0.5, 0.6) is 0 Å². The molecule has 2 aromatic rings. The molecule has 0 saturated heterocycles. The Morgan fingerprint density at radius 1 is 1.29 bits per heavy atom. The number of hydrogen-bond donors (Lipinski definition) is 2. The largest absolute Gasteiger partial charge is 0.369 e. The molecule has 2 N–H and O–H groups in total. The third-order valence-corrected chi connectivity index (χ3v) is 3.09. The van der Waals surface area contributed by atoms with E-state index in [1.807, 2.05) is 13.0 Å². The first kappa shape index (κ1) is 15.3. The van der Waals surface area contributed by atoms with Crippen LogP contribution in [-0.4, -0.2) is 22.4 Å². The van der Waals surface area contributed by atoms with Gasteiger partial charge in [0.25, 0.3) is 5.91 Å². The molecule has 0 atom stereocenters. The van der Waals surface area contributed by atoms with Crippen molar-refractivity contribution in [2.24, 2.45) is 0 Å². The monoisotopic (exact) mass is 304 g/mol. The average Bonchev–Trinajstić information content (AvgIpc) is 2.48. The van der Waals surface area contributed by atoms with Crippen LogP contribution in [0.4, 0.5) is 11.6 Å². The summed E-state index contributed by atoms with van der Waals surface area (Å²) in [4.78, 5) is 20.4. The maximum Gasteiger partial charge on any atom is 0.258 e. The number of aromatic nitrogens is 2. The van der Waals surface area contributed by atoms with Crippen molar-refractivity contribution >= 4 is 29.1 Å². The zero-order valence-electron chi connectivity index (χ0n) is 12.0. The first-order valence-electron chi connectivity index (χ1n) is 6.73. The summed E-state index contributed by atoms with van der Waals surface area (Å²) in [6, 6.07) is 5.22. The Labute approximate surface area is 128 Å². The number of nitrogens with zero attached hydrogens (tertiary/aromatic N) is 2. The van der Waals surface area contributed by atoms with E-state index in [-0.39, 0.29) is 5.91 Å². The Hall–Kier alpha value is -2.14. The molecule has 0 radical (unpaired) electrons. The first-order chi connectivity index (χ1) is 10.1. The van der Waals surface area contributed by atoms with Crippen molar-refractivity contribution < 1.29 is 4.79 Å². The Kier molecular flexibility index (Phi) is 5.11. The molecule has 0 aromatic carbocycles. The van der Waals surface area contributed by atoms with E-state index < -0.39 is 0 Å². The van der Waals surface area contributed by atoms with Gasteiger partial charge in [0.05, 0.1) is 10.6 Å². The van der Waals surface area contributed by atoms with Crippen LogP contribution in [0.25, 0.3) is 0 Å². The molecule has 0 spiro atoms. The molecule has 0 aliphatic heterocycles. The summed E-state index contributed by atoms with van der Waals surface area (Å²) in [5.41, 5.74) is 1.42. The van der Waals surface area contributed by atoms with E-state index in [4.69, 9.17) is 11.6 Å². The van der Waals surface area contributed by atoms with Crippen molar-refractivity contribution in [1.82, 2.24) is 9.97 Å². The number of anilines is 2. The van der Waals surface area contributed by atoms with Crippen LogP contribution in [0.15, 0.2) is 30.6 Å². The number of amides is 1. The van der Waals surface area contributed by atoms with Crippen molar-refractivity contribution in [3.05, 3.63) is 46.7 Å². The molecule has 110 valence electrons. The summed E-state index contributed by atoms with van der Waals surface area (Å²) in [5, 5.41) is 6.23. The predicted molar refractivity (Wildman–Crippen MR) is 85.0 cm³/mol. The van der Waals surface area contributed by atoms with E-state index in [0.717, 1.165) is 18.5 Å². The summed E-state index contributed by atoms with van der Waals surface area (Å²) in [6.07, 6.45) is 4.16. The van der Waals surface area contributed by atoms with Gasteiger partial charge in [-0.15, -0.1) is 0 Å². The number of nitrogens with one attached hydrogen (secondary N) is 2. The van der Waals surface area contributed by atoms with E-state index in [9.17, 15) is 4.79 Å². The molecular formula is C15H17ClN4O. The molecule has 2 aromatic heterocycles. The van der Waals surface area contributed by atoms with Gasteiger partial charge in [-0.2, -0.15) is 0 Å². The minimum absolute atomic E-state index is 0.289. The summed E-state index contributed by atoms with van der Waals surface area (Å²) in [6.45, 7) is 4.77. The normalized spacial score (nSPS) is 10.2. The highest BCUT2D eigenvalue weighted by Crippen LogP contribution is 2.20. The molecule has 0 aliphatic rings. The van der Waals surface area contributed by atoms with Crippen molar-refractivity contribution in [3.63, 3.8) is 0 Å². The third kappa shape index (κ3) is 4.16. The molecule has 0 fully saturated rings. The van der Waals surface area contributed by atoms with Gasteiger partial charge in [-0.1, -0.05) is 24.6 Å². The fourth-order valence-electron chi connectivity index (χ4n) is 1.67. The number of carbonyl (C=O) groups excluding carboxylic acids is 1. The van der Waals surface area contributed by atoms with E-state index in [0.29, 0.717) is 22.2 Å². The van der Waals surface area contributed by atoms with Gasteiger partial charge in [-0.3, -0.25) is 4.79 Å². The van der Waals surface area contributed by atoms with Gasteiger partial charge in [0.15, 0.2) is 0 Å². The van der Waals surface area contributed by atoms with Crippen LogP contribution >= 0.6 is 11.6 Å². The third-order valence-electron chi connectivity index (χ3n) is 2.80. The summed E-state index contributed by atoms with van der Waals surface area (Å²) < 4.78 is 0. The number of pyridine rings is 2. The number of hydrogen-bond acceptors (Lipinski definition) is 4. The van der Waals surface area contributed by atoms with Gasteiger partial charge in [0, 0.05) is 18.9 Å². The molecule has 6 heteroatoms. The number of rotatable bonds is 5. The molecule has 21 heavy (non-hydrogen) atoms. The lowest BCUT2D eigenvalue weighted by Gasteiger charge is -2.08. The van der Waals surface area contributed by atoms with Gasteiger partial charge in [-0.25, -0.2) is 9.97 Å². The smallest absolute Gasteiger partial charge is 0.258 e. The van der Waals surface area contributed by atoms with Crippen LogP contribution in [0.3, 0.4) is 0 Å². The van der Waals surface area contributed by atoms with Crippen molar-refractivity contribution in [2.45, 2.75) is 20.3 Å². The highest BCUT2D eigenvalue weighted by molar-refractivity contribution is 6.33. The fourth-order valence-corrected chi connectivity index (χ4v) is 1.90. The van der Waals surface area contributed by atoms with Crippen molar-refractivity contribution in [2.75, 3.05) is 17.2 Å². The second kappa shape index (κ2) is 7.04. The Morgan fingerprint density at radius 2 is 2.10 bits per heavy atom. The standard InChI is InChI=1S/C15H17ClN4O/c1-3-6-17-14-12(16)7-11(9-19-14)15(21)20-13-5-4-10(2)8-18-13/h4-5,7-9H,3,6H2,1-2H3,(H,17,19)(H,18,20,21). The Morgan fingerprint density at radius 3 is 2.71 bits per heavy atom. The lowest BCUT2D eigenvalue weighted by molar-refractivity contribution is 0.102. The van der Waals surface area contributed by atoms with Crippen LogP contribution in [0.2, 0.25) is 5.02 Å². The van der Waals surface area contributed by atoms with Gasteiger partial charge < -0.3 is 10.6 Å². The minimum atomic E-state index is -0.289. The molecule has 0 unspecified atom stereocenters. The highest BCUT2D eigenvalue weighted by Gasteiger charge is 2.10. The zero-order valence-corrected chi connectivity index (χ0v) is 12.7. The number of aryl methyl sites for hydroxylation is 1. The van der Waals surface area contributed by atoms with E-state index in [1.54, 1.807) is 18.3 Å². The lowest BCUT2D eigenvalue weighted by atomic mass is 10.2. The summed E-state index contributed by atoms with van der Waals surface area (Å²) in [7, 11) is 0. The van der Waals surface area contributed by atoms with E-state index in [2.05, 4.69) is 27.5 Å². The SMILES string of the molecule is CCCNc1ncc(C(=O)Nc2ccc(C)cn2)cc1Cl. The Bertz CT molecular complexity index is 628. The molecular weight excluding hydrogens is 288 g/mol. The summed E-state index contributed by atoms with van der Waals surface area (Å²) in [5.74, 6) is 0.793. The summed E-state index contributed by atoms with van der Waals surface area (Å²) >= 11 is 6.11. The molecule has 2 heterocycles. The lowest BCUT2D eigenvalue weighted by Crippen LogP contribution is -2.14. The van der Waals surface area contributed by atoms with E-state index in [1.165, 1.54) is 6.20 Å². The van der Waals surface area contributed by atoms with Crippen LogP contribution in [0, 0.1) is 6.92 Å². The zero-order chi connectivity index (χ0) is 15.2. The Balaban J connectivity index is 2.08. The second-order valence-electron chi connectivity index (χ2n) is 4.66. The molecule has 0 bridgehead atoms. The number of halogens is 1. The highest BCUT2D eigenvalue weighted by atomic mass is 35.5. The maximum atomic E-state index is 12.1. The molecule has 5 nitrogen and oxygen atoms in total. The fraction of sp³-hybridized carbons (Fsp3) is 0.267. The second-order valence-corrected chi connectivity index (χ2v) is 5.06. The molecule has 2 rings (SSSR count).